The Morgan fingerprint density at radius 2 is 1.24 bits per heavy atom. The van der Waals surface area contributed by atoms with Gasteiger partial charge in [-0.2, -0.15) is 0 Å². The van der Waals surface area contributed by atoms with Crippen LogP contribution in [-0.2, 0) is 35.2 Å². The minimum Gasteiger partial charge on any atom is -0.508 e. The van der Waals surface area contributed by atoms with Crippen molar-refractivity contribution in [3.8, 4) is 5.75 Å². The van der Waals surface area contributed by atoms with E-state index in [1.54, 1.807) is 0 Å². The van der Waals surface area contributed by atoms with E-state index < -0.39 is 73.1 Å². The van der Waals surface area contributed by atoms with Crippen molar-refractivity contribution in [1.29, 1.82) is 0 Å². The maximum atomic E-state index is 12.5. The largest absolute Gasteiger partial charge is 0.508 e. The first-order valence-electron chi connectivity index (χ1n) is 9.46. The van der Waals surface area contributed by atoms with Gasteiger partial charge in [-0.05, 0) is 24.1 Å². The Balaban J connectivity index is 2.89. The van der Waals surface area contributed by atoms with Gasteiger partial charge in [0.25, 0.3) is 0 Å². The molecular weight excluding hydrogens is 444 g/mol. The maximum absolute atomic E-state index is 12.5. The summed E-state index contributed by atoms with van der Waals surface area (Å²) in [7, 11) is 0. The maximum Gasteiger partial charge on any atom is 0.322 e. The highest BCUT2D eigenvalue weighted by Gasteiger charge is 2.31. The summed E-state index contributed by atoms with van der Waals surface area (Å²) in [4.78, 5) is 69.7. The number of aliphatic carboxylic acids is 3. The SMILES string of the molecule is NC(Cc1ccc(O)cc1)C(=O)NC(CC(=O)O)C(=O)NC(CC(=O)O)C(=O)NCC(=O)O. The minimum atomic E-state index is -1.73. The fourth-order valence-electron chi connectivity index (χ4n) is 2.58. The monoisotopic (exact) mass is 468 g/mol. The van der Waals surface area contributed by atoms with Crippen LogP contribution in [0.25, 0.3) is 0 Å². The highest BCUT2D eigenvalue weighted by molar-refractivity contribution is 5.96. The molecule has 0 aliphatic carbocycles. The summed E-state index contributed by atoms with van der Waals surface area (Å²) in [5.74, 6) is -7.60. The summed E-state index contributed by atoms with van der Waals surface area (Å²) >= 11 is 0. The lowest BCUT2D eigenvalue weighted by atomic mass is 10.0. The van der Waals surface area contributed by atoms with Crippen LogP contribution >= 0.6 is 0 Å². The number of carbonyl (C=O) groups is 6. The fourth-order valence-corrected chi connectivity index (χ4v) is 2.58. The van der Waals surface area contributed by atoms with E-state index in [0.29, 0.717) is 5.56 Å². The third kappa shape index (κ3) is 10.1. The molecule has 0 aliphatic rings. The van der Waals surface area contributed by atoms with Crippen molar-refractivity contribution in [2.45, 2.75) is 37.4 Å². The fraction of sp³-hybridized carbons (Fsp3) is 0.368. The summed E-state index contributed by atoms with van der Waals surface area (Å²) in [6.07, 6.45) is -1.84. The highest BCUT2D eigenvalue weighted by Crippen LogP contribution is 2.11. The Morgan fingerprint density at radius 1 is 0.758 bits per heavy atom. The number of benzene rings is 1. The van der Waals surface area contributed by atoms with Gasteiger partial charge in [0.1, 0.15) is 24.4 Å². The zero-order valence-corrected chi connectivity index (χ0v) is 17.2. The van der Waals surface area contributed by atoms with Gasteiger partial charge in [0.05, 0.1) is 18.9 Å². The van der Waals surface area contributed by atoms with E-state index in [-0.39, 0.29) is 12.2 Å². The second kappa shape index (κ2) is 12.6. The summed E-state index contributed by atoms with van der Waals surface area (Å²) in [6, 6.07) is 1.13. The first kappa shape index (κ1) is 26.8. The molecule has 3 atom stereocenters. The first-order valence-corrected chi connectivity index (χ1v) is 9.46. The van der Waals surface area contributed by atoms with Crippen molar-refractivity contribution >= 4 is 35.6 Å². The number of hydrogen-bond donors (Lipinski definition) is 8. The lowest BCUT2D eigenvalue weighted by Crippen LogP contribution is -2.57. The molecule has 1 rings (SSSR count). The number of nitrogens with two attached hydrogens (primary N) is 1. The summed E-state index contributed by atoms with van der Waals surface area (Å²) in [5, 5.41) is 41.9. The zero-order chi connectivity index (χ0) is 25.1. The van der Waals surface area contributed by atoms with Gasteiger partial charge in [-0.3, -0.25) is 28.8 Å². The van der Waals surface area contributed by atoms with Gasteiger partial charge in [-0.25, -0.2) is 0 Å². The molecule has 1 aromatic carbocycles. The predicted octanol–water partition coefficient (Wildman–Crippen LogP) is -2.62. The first-order chi connectivity index (χ1) is 15.4. The average Bonchev–Trinajstić information content (AvgIpc) is 2.71. The zero-order valence-electron chi connectivity index (χ0n) is 17.2. The molecular formula is C19H24N4O10. The summed E-state index contributed by atoms with van der Waals surface area (Å²) in [6.45, 7) is -0.841. The van der Waals surface area contributed by atoms with E-state index in [9.17, 15) is 33.9 Å². The van der Waals surface area contributed by atoms with Gasteiger partial charge in [0.2, 0.25) is 17.7 Å². The van der Waals surface area contributed by atoms with Crippen molar-refractivity contribution in [2.75, 3.05) is 6.54 Å². The third-order valence-electron chi connectivity index (χ3n) is 4.17. The topological polar surface area (TPSA) is 245 Å². The molecule has 0 aliphatic heterocycles. The molecule has 9 N–H and O–H groups in total. The molecule has 3 amide bonds. The molecule has 14 heteroatoms. The number of hydrogen-bond acceptors (Lipinski definition) is 8. The van der Waals surface area contributed by atoms with Crippen LogP contribution in [0.1, 0.15) is 18.4 Å². The molecule has 0 saturated heterocycles. The van der Waals surface area contributed by atoms with Crippen molar-refractivity contribution in [2.24, 2.45) is 5.73 Å². The number of carboxylic acid groups (broad SMARTS) is 3. The van der Waals surface area contributed by atoms with E-state index >= 15 is 0 Å². The number of amides is 3. The van der Waals surface area contributed by atoms with Gasteiger partial charge >= 0.3 is 17.9 Å². The van der Waals surface area contributed by atoms with E-state index in [2.05, 4.69) is 5.32 Å². The van der Waals surface area contributed by atoms with Crippen LogP contribution in [0.2, 0.25) is 0 Å². The van der Waals surface area contributed by atoms with Crippen molar-refractivity contribution in [3.05, 3.63) is 29.8 Å². The molecule has 0 radical (unpaired) electrons. The van der Waals surface area contributed by atoms with Crippen LogP contribution in [0.5, 0.6) is 5.75 Å². The summed E-state index contributed by atoms with van der Waals surface area (Å²) in [5.41, 5.74) is 6.37. The van der Waals surface area contributed by atoms with E-state index in [1.807, 2.05) is 10.6 Å². The Morgan fingerprint density at radius 3 is 1.73 bits per heavy atom. The van der Waals surface area contributed by atoms with Crippen LogP contribution in [0.15, 0.2) is 24.3 Å². The molecule has 0 saturated carbocycles. The van der Waals surface area contributed by atoms with Crippen LogP contribution in [0, 0.1) is 0 Å². The average molecular weight is 468 g/mol. The molecule has 0 heterocycles. The molecule has 3 unspecified atom stereocenters. The quantitative estimate of drug-likeness (QED) is 0.149. The number of phenols is 1. The van der Waals surface area contributed by atoms with Crippen LogP contribution in [0.3, 0.4) is 0 Å². The minimum absolute atomic E-state index is 0.00160. The molecule has 33 heavy (non-hydrogen) atoms. The van der Waals surface area contributed by atoms with Gasteiger partial charge < -0.3 is 42.1 Å². The molecule has 0 bridgehead atoms. The van der Waals surface area contributed by atoms with Crippen LogP contribution in [-0.4, -0.2) is 80.7 Å². The Bertz CT molecular complexity index is 902. The number of nitrogens with one attached hydrogen (secondary N) is 3. The van der Waals surface area contributed by atoms with E-state index in [1.165, 1.54) is 24.3 Å². The Kier molecular flexibility index (Phi) is 10.3. The second-order valence-corrected chi connectivity index (χ2v) is 6.91. The Labute approximate surface area is 186 Å². The third-order valence-corrected chi connectivity index (χ3v) is 4.17. The van der Waals surface area contributed by atoms with Crippen LogP contribution < -0.4 is 21.7 Å². The van der Waals surface area contributed by atoms with Gasteiger partial charge in [-0.1, -0.05) is 12.1 Å². The molecule has 0 spiro atoms. The predicted molar refractivity (Wildman–Crippen MR) is 109 cm³/mol. The van der Waals surface area contributed by atoms with Gasteiger partial charge in [0.15, 0.2) is 0 Å². The number of carbonyl (C=O) groups excluding carboxylic acids is 3. The Hall–Kier alpha value is -4.20. The lowest BCUT2D eigenvalue weighted by molar-refractivity contribution is -0.143. The van der Waals surface area contributed by atoms with Crippen molar-refractivity contribution in [3.63, 3.8) is 0 Å². The molecule has 0 aromatic heterocycles. The lowest BCUT2D eigenvalue weighted by Gasteiger charge is -2.22. The molecule has 14 nitrogen and oxygen atoms in total. The standard InChI is InChI=1S/C19H24N4O10/c20-11(5-9-1-3-10(24)4-2-9)17(31)22-13(7-15(27)28)19(33)23-12(6-14(25)26)18(32)21-8-16(29)30/h1-4,11-13,24H,5-8,20H2,(H,21,32)(H,22,31)(H,23,33)(H,25,26)(H,27,28)(H,29,30). The number of carboxylic acids is 3. The molecule has 1 aromatic rings. The summed E-state index contributed by atoms with van der Waals surface area (Å²) < 4.78 is 0. The number of phenolic OH excluding ortho intramolecular Hbond substituents is 1. The second-order valence-electron chi connectivity index (χ2n) is 6.91. The van der Waals surface area contributed by atoms with E-state index in [0.717, 1.165) is 0 Å². The van der Waals surface area contributed by atoms with Gasteiger partial charge in [0, 0.05) is 0 Å². The van der Waals surface area contributed by atoms with E-state index in [4.69, 9.17) is 21.1 Å². The normalized spacial score (nSPS) is 13.1. The van der Waals surface area contributed by atoms with Crippen molar-refractivity contribution in [1.82, 2.24) is 16.0 Å². The highest BCUT2D eigenvalue weighted by atomic mass is 16.4. The van der Waals surface area contributed by atoms with Crippen LogP contribution in [0.4, 0.5) is 0 Å². The molecule has 0 fully saturated rings. The van der Waals surface area contributed by atoms with Gasteiger partial charge in [-0.15, -0.1) is 0 Å². The number of aromatic hydroxyl groups is 1. The smallest absolute Gasteiger partial charge is 0.322 e. The van der Waals surface area contributed by atoms with Crippen molar-refractivity contribution < 1.29 is 49.2 Å². The number of rotatable bonds is 13. The molecule has 180 valence electrons.